The zero-order chi connectivity index (χ0) is 22.9. The molecule has 1 aromatic rings. The highest BCUT2D eigenvalue weighted by molar-refractivity contribution is 5.75. The normalized spacial score (nSPS) is 15.1. The van der Waals surface area contributed by atoms with Crippen LogP contribution in [0.4, 0.5) is 4.79 Å². The second kappa shape index (κ2) is 11.3. The summed E-state index contributed by atoms with van der Waals surface area (Å²) >= 11 is 0. The fourth-order valence-electron chi connectivity index (χ4n) is 3.33. The predicted molar refractivity (Wildman–Crippen MR) is 120 cm³/mol. The number of methoxy groups -OCH3 is 1. The third-order valence-electron chi connectivity index (χ3n) is 4.72. The first kappa shape index (κ1) is 26.0. The highest BCUT2D eigenvalue weighted by Crippen LogP contribution is 2.25. The summed E-state index contributed by atoms with van der Waals surface area (Å²) in [6.07, 6.45) is 0.891. The number of amides is 1. The molecule has 0 saturated carbocycles. The van der Waals surface area contributed by atoms with Crippen molar-refractivity contribution in [3.05, 3.63) is 35.9 Å². The largest absolute Gasteiger partial charge is 0.468 e. The number of hydrogen-bond donors (Lipinski definition) is 2. The Hall–Kier alpha value is -2.08. The van der Waals surface area contributed by atoms with E-state index in [1.54, 1.807) is 0 Å². The van der Waals surface area contributed by atoms with Gasteiger partial charge in [0, 0.05) is 12.1 Å². The minimum absolute atomic E-state index is 0.0158. The van der Waals surface area contributed by atoms with E-state index < -0.39 is 12.1 Å². The van der Waals surface area contributed by atoms with E-state index in [-0.39, 0.29) is 35.5 Å². The van der Waals surface area contributed by atoms with Crippen molar-refractivity contribution < 1.29 is 19.1 Å². The highest BCUT2D eigenvalue weighted by atomic mass is 16.5. The minimum Gasteiger partial charge on any atom is -0.468 e. The Labute approximate surface area is 182 Å². The number of hydrogen-bond acceptors (Lipinski definition) is 5. The molecular weight excluding hydrogens is 380 g/mol. The smallest absolute Gasteiger partial charge is 0.407 e. The van der Waals surface area contributed by atoms with Crippen LogP contribution in [-0.2, 0) is 20.9 Å². The van der Waals surface area contributed by atoms with E-state index in [4.69, 9.17) is 9.47 Å². The standard InChI is InChI=1S/C24H40N2O4/c1-17(25-20(21(27)29-8)15-24(5,6)7)19(14-23(2,3)4)26-22(28)30-16-18-12-10-9-11-13-18/h9-13,17,19-20,25H,14-16H2,1-8H3,(H,26,28)/t17?,19-,20-/m0/s1. The number of ether oxygens (including phenoxy) is 2. The maximum atomic E-state index is 12.5. The van der Waals surface area contributed by atoms with Gasteiger partial charge < -0.3 is 14.8 Å². The number of benzene rings is 1. The first-order valence-corrected chi connectivity index (χ1v) is 10.6. The van der Waals surface area contributed by atoms with E-state index in [0.717, 1.165) is 12.0 Å². The van der Waals surface area contributed by atoms with Crippen LogP contribution in [0, 0.1) is 10.8 Å². The van der Waals surface area contributed by atoms with Crippen LogP contribution in [0.1, 0.15) is 66.9 Å². The molecule has 30 heavy (non-hydrogen) atoms. The molecule has 0 spiro atoms. The Morgan fingerprint density at radius 1 is 0.967 bits per heavy atom. The average molecular weight is 421 g/mol. The van der Waals surface area contributed by atoms with E-state index in [0.29, 0.717) is 6.42 Å². The van der Waals surface area contributed by atoms with Crippen LogP contribution in [0.5, 0.6) is 0 Å². The maximum Gasteiger partial charge on any atom is 0.407 e. The number of rotatable bonds is 9. The number of esters is 1. The van der Waals surface area contributed by atoms with Crippen LogP contribution >= 0.6 is 0 Å². The lowest BCUT2D eigenvalue weighted by molar-refractivity contribution is -0.144. The van der Waals surface area contributed by atoms with Crippen molar-refractivity contribution in [2.24, 2.45) is 10.8 Å². The third kappa shape index (κ3) is 10.6. The molecule has 170 valence electrons. The van der Waals surface area contributed by atoms with Crippen molar-refractivity contribution in [2.45, 2.75) is 86.0 Å². The molecule has 2 N–H and O–H groups in total. The quantitative estimate of drug-likeness (QED) is 0.568. The molecule has 0 radical (unpaired) electrons. The van der Waals surface area contributed by atoms with Gasteiger partial charge in [-0.05, 0) is 36.2 Å². The van der Waals surface area contributed by atoms with E-state index in [1.165, 1.54) is 7.11 Å². The molecule has 1 aromatic carbocycles. The number of nitrogens with one attached hydrogen (secondary N) is 2. The van der Waals surface area contributed by atoms with E-state index in [9.17, 15) is 9.59 Å². The molecule has 0 bridgehead atoms. The molecule has 0 fully saturated rings. The highest BCUT2D eigenvalue weighted by Gasteiger charge is 2.31. The molecule has 1 unspecified atom stereocenters. The van der Waals surface area contributed by atoms with Gasteiger partial charge in [-0.1, -0.05) is 71.9 Å². The van der Waals surface area contributed by atoms with Gasteiger partial charge >= 0.3 is 12.1 Å². The molecule has 0 aromatic heterocycles. The summed E-state index contributed by atoms with van der Waals surface area (Å²) in [5.74, 6) is -0.294. The molecule has 6 heteroatoms. The fraction of sp³-hybridized carbons (Fsp3) is 0.667. The molecule has 0 saturated heterocycles. The van der Waals surface area contributed by atoms with Crippen molar-refractivity contribution in [3.63, 3.8) is 0 Å². The van der Waals surface area contributed by atoms with Gasteiger partial charge in [0.05, 0.1) is 7.11 Å². The Kier molecular flexibility index (Phi) is 9.82. The molecule has 0 heterocycles. The molecule has 0 aliphatic rings. The Bertz CT molecular complexity index is 662. The minimum atomic E-state index is -0.466. The number of carbonyl (C=O) groups excluding carboxylic acids is 2. The SMILES string of the molecule is COC(=O)[C@H](CC(C)(C)C)NC(C)[C@H](CC(C)(C)C)NC(=O)OCc1ccccc1. The van der Waals surface area contributed by atoms with Gasteiger partial charge in [0.1, 0.15) is 12.6 Å². The maximum absolute atomic E-state index is 12.5. The van der Waals surface area contributed by atoms with E-state index in [1.807, 2.05) is 37.3 Å². The lowest BCUT2D eigenvalue weighted by Crippen LogP contribution is -2.55. The van der Waals surface area contributed by atoms with Gasteiger partial charge in [-0.25, -0.2) is 4.79 Å². The molecule has 1 rings (SSSR count). The summed E-state index contributed by atoms with van der Waals surface area (Å²) in [5, 5.41) is 6.37. The molecular formula is C24H40N2O4. The summed E-state index contributed by atoms with van der Waals surface area (Å²) < 4.78 is 10.4. The van der Waals surface area contributed by atoms with Crippen LogP contribution in [0.2, 0.25) is 0 Å². The fourth-order valence-corrected chi connectivity index (χ4v) is 3.33. The Balaban J connectivity index is 2.83. The molecule has 1 amide bonds. The van der Waals surface area contributed by atoms with Crippen molar-refractivity contribution in [1.82, 2.24) is 10.6 Å². The molecule has 0 aliphatic heterocycles. The Morgan fingerprint density at radius 3 is 2.03 bits per heavy atom. The summed E-state index contributed by atoms with van der Waals surface area (Å²) in [7, 11) is 1.40. The second-order valence-corrected chi connectivity index (χ2v) is 10.4. The summed E-state index contributed by atoms with van der Waals surface area (Å²) in [4.78, 5) is 24.8. The summed E-state index contributed by atoms with van der Waals surface area (Å²) in [6, 6.07) is 8.76. The second-order valence-electron chi connectivity index (χ2n) is 10.4. The van der Waals surface area contributed by atoms with E-state index >= 15 is 0 Å². The van der Waals surface area contributed by atoms with Crippen molar-refractivity contribution in [3.8, 4) is 0 Å². The zero-order valence-electron chi connectivity index (χ0n) is 19.9. The Morgan fingerprint density at radius 2 is 1.53 bits per heavy atom. The lowest BCUT2D eigenvalue weighted by Gasteiger charge is -2.34. The van der Waals surface area contributed by atoms with Crippen LogP contribution < -0.4 is 10.6 Å². The van der Waals surface area contributed by atoms with Gasteiger partial charge in [-0.3, -0.25) is 10.1 Å². The summed E-state index contributed by atoms with van der Waals surface area (Å²) in [6.45, 7) is 14.8. The van der Waals surface area contributed by atoms with Crippen LogP contribution in [-0.4, -0.2) is 37.3 Å². The van der Waals surface area contributed by atoms with Crippen LogP contribution in [0.25, 0.3) is 0 Å². The first-order valence-electron chi connectivity index (χ1n) is 10.6. The average Bonchev–Trinajstić information content (AvgIpc) is 2.63. The van der Waals surface area contributed by atoms with Crippen LogP contribution in [0.3, 0.4) is 0 Å². The molecule has 3 atom stereocenters. The topological polar surface area (TPSA) is 76.7 Å². The van der Waals surface area contributed by atoms with Gasteiger partial charge in [0.25, 0.3) is 0 Å². The van der Waals surface area contributed by atoms with Crippen molar-refractivity contribution in [1.29, 1.82) is 0 Å². The third-order valence-corrected chi connectivity index (χ3v) is 4.72. The number of alkyl carbamates (subject to hydrolysis) is 1. The molecule has 6 nitrogen and oxygen atoms in total. The van der Waals surface area contributed by atoms with Crippen molar-refractivity contribution in [2.75, 3.05) is 7.11 Å². The zero-order valence-corrected chi connectivity index (χ0v) is 19.9. The number of carbonyl (C=O) groups is 2. The monoisotopic (exact) mass is 420 g/mol. The first-order chi connectivity index (χ1) is 13.8. The van der Waals surface area contributed by atoms with E-state index in [2.05, 4.69) is 52.2 Å². The lowest BCUT2D eigenvalue weighted by atomic mass is 9.84. The van der Waals surface area contributed by atoms with Crippen molar-refractivity contribution >= 4 is 12.1 Å². The van der Waals surface area contributed by atoms with Crippen LogP contribution in [0.15, 0.2) is 30.3 Å². The van der Waals surface area contributed by atoms with Gasteiger partial charge in [0.2, 0.25) is 0 Å². The van der Waals surface area contributed by atoms with Gasteiger partial charge in [-0.2, -0.15) is 0 Å². The molecule has 0 aliphatic carbocycles. The van der Waals surface area contributed by atoms with Gasteiger partial charge in [0.15, 0.2) is 0 Å². The predicted octanol–water partition coefficient (Wildman–Crippen LogP) is 4.67. The summed E-state index contributed by atoms with van der Waals surface area (Å²) in [5.41, 5.74) is 0.868. The van der Waals surface area contributed by atoms with Gasteiger partial charge in [-0.15, -0.1) is 0 Å².